The number of nitrogens with one attached hydrogen (secondary N) is 1. The van der Waals surface area contributed by atoms with Crippen molar-refractivity contribution in [3.8, 4) is 0 Å². The van der Waals surface area contributed by atoms with Gasteiger partial charge in [0.2, 0.25) is 0 Å². The molecule has 2 atom stereocenters. The Bertz CT molecular complexity index is 675. The van der Waals surface area contributed by atoms with Crippen LogP contribution in [0.3, 0.4) is 0 Å². The van der Waals surface area contributed by atoms with E-state index in [1.165, 1.54) is 4.90 Å². The second-order valence-electron chi connectivity index (χ2n) is 6.66. The molecule has 25 heavy (non-hydrogen) atoms. The zero-order valence-corrected chi connectivity index (χ0v) is 13.5. The van der Waals surface area contributed by atoms with E-state index in [9.17, 15) is 27.9 Å². The predicted molar refractivity (Wildman–Crippen MR) is 83.1 cm³/mol. The first kappa shape index (κ1) is 17.7. The van der Waals surface area contributed by atoms with Crippen LogP contribution in [-0.4, -0.2) is 47.6 Å². The molecular weight excluding hydrogens is 337 g/mol. The molecule has 136 valence electrons. The second-order valence-corrected chi connectivity index (χ2v) is 6.66. The van der Waals surface area contributed by atoms with Gasteiger partial charge in [-0.2, -0.15) is 13.2 Å². The molecule has 3 rings (SSSR count). The van der Waals surface area contributed by atoms with E-state index < -0.39 is 29.0 Å². The van der Waals surface area contributed by atoms with Crippen molar-refractivity contribution in [2.45, 2.75) is 31.5 Å². The average molecular weight is 356 g/mol. The molecule has 0 spiro atoms. The number of rotatable bonds is 2. The monoisotopic (exact) mass is 356 g/mol. The van der Waals surface area contributed by atoms with E-state index in [0.29, 0.717) is 25.8 Å². The lowest BCUT2D eigenvalue weighted by molar-refractivity contribution is -0.156. The highest BCUT2D eigenvalue weighted by Crippen LogP contribution is 2.38. The van der Waals surface area contributed by atoms with Gasteiger partial charge in [-0.15, -0.1) is 0 Å². The smallest absolute Gasteiger partial charge is 0.416 e. The number of alkyl halides is 3. The summed E-state index contributed by atoms with van der Waals surface area (Å²) in [6.45, 7) is 1.21. The Hall–Kier alpha value is -2.09. The van der Waals surface area contributed by atoms with Crippen LogP contribution in [0.4, 0.5) is 13.2 Å². The van der Waals surface area contributed by atoms with Crippen molar-refractivity contribution in [1.29, 1.82) is 0 Å². The normalized spacial score (nSPS) is 26.8. The largest absolute Gasteiger partial charge is 0.481 e. The highest BCUT2D eigenvalue weighted by atomic mass is 19.4. The van der Waals surface area contributed by atoms with Crippen molar-refractivity contribution in [2.75, 3.05) is 19.6 Å². The summed E-state index contributed by atoms with van der Waals surface area (Å²) >= 11 is 0. The van der Waals surface area contributed by atoms with Crippen molar-refractivity contribution in [3.63, 3.8) is 0 Å². The maximum absolute atomic E-state index is 12.6. The highest BCUT2D eigenvalue weighted by Gasteiger charge is 2.51. The zero-order valence-electron chi connectivity index (χ0n) is 13.5. The number of hydrogen-bond acceptors (Lipinski definition) is 3. The second kappa shape index (κ2) is 6.33. The van der Waals surface area contributed by atoms with Crippen LogP contribution in [0.5, 0.6) is 0 Å². The molecule has 0 unspecified atom stereocenters. The molecular formula is C17H19F3N2O3. The van der Waals surface area contributed by atoms with Crippen LogP contribution in [0.15, 0.2) is 24.3 Å². The molecule has 2 aliphatic heterocycles. The summed E-state index contributed by atoms with van der Waals surface area (Å²) in [6, 6.07) is 3.84. The van der Waals surface area contributed by atoms with Gasteiger partial charge in [0.15, 0.2) is 0 Å². The number of aliphatic carboxylic acids is 1. The van der Waals surface area contributed by atoms with Gasteiger partial charge >= 0.3 is 12.1 Å². The van der Waals surface area contributed by atoms with Crippen molar-refractivity contribution in [1.82, 2.24) is 10.2 Å². The van der Waals surface area contributed by atoms with Crippen molar-refractivity contribution >= 4 is 11.9 Å². The van der Waals surface area contributed by atoms with Gasteiger partial charge in [-0.1, -0.05) is 0 Å². The molecule has 2 N–H and O–H groups in total. The Balaban J connectivity index is 1.80. The molecule has 0 bridgehead atoms. The van der Waals surface area contributed by atoms with Crippen LogP contribution in [0, 0.1) is 5.41 Å². The lowest BCUT2D eigenvalue weighted by Gasteiger charge is -2.48. The van der Waals surface area contributed by atoms with Crippen molar-refractivity contribution < 1.29 is 27.9 Å². The first-order valence-corrected chi connectivity index (χ1v) is 8.17. The fourth-order valence-electron chi connectivity index (χ4n) is 3.80. The zero-order chi connectivity index (χ0) is 18.2. The topological polar surface area (TPSA) is 69.6 Å². The van der Waals surface area contributed by atoms with Gasteiger partial charge in [-0.3, -0.25) is 9.59 Å². The first-order chi connectivity index (χ1) is 11.7. The fraction of sp³-hybridized carbons (Fsp3) is 0.529. The van der Waals surface area contributed by atoms with E-state index in [1.54, 1.807) is 0 Å². The van der Waals surface area contributed by atoms with E-state index in [-0.39, 0.29) is 18.2 Å². The minimum absolute atomic E-state index is 0.0693. The minimum Gasteiger partial charge on any atom is -0.481 e. The van der Waals surface area contributed by atoms with Crippen LogP contribution >= 0.6 is 0 Å². The number of amides is 1. The standard InChI is InChI=1S/C17H19F3N2O3/c18-17(19,20)12-4-2-11(3-5-12)14(23)22-9-6-13-16(10-22,15(24)25)7-1-8-21-13/h2-5,13,21H,1,6-10H2,(H,24,25)/t13-,16+/m0/s1. The highest BCUT2D eigenvalue weighted by molar-refractivity contribution is 5.95. The molecule has 8 heteroatoms. The Labute approximate surface area is 142 Å². The van der Waals surface area contributed by atoms with Crippen LogP contribution in [0.25, 0.3) is 0 Å². The van der Waals surface area contributed by atoms with Gasteiger partial charge in [0.25, 0.3) is 5.91 Å². The maximum Gasteiger partial charge on any atom is 0.416 e. The molecule has 0 radical (unpaired) electrons. The summed E-state index contributed by atoms with van der Waals surface area (Å²) in [5.74, 6) is -1.37. The van der Waals surface area contributed by atoms with Gasteiger partial charge in [0, 0.05) is 24.7 Å². The summed E-state index contributed by atoms with van der Waals surface area (Å²) in [5, 5.41) is 12.9. The lowest BCUT2D eigenvalue weighted by Crippen LogP contribution is -2.63. The Morgan fingerprint density at radius 1 is 1.24 bits per heavy atom. The SMILES string of the molecule is O=C(c1ccc(C(F)(F)F)cc1)N1CC[C@@H]2NCCC[C@@]2(C(=O)O)C1. The van der Waals surface area contributed by atoms with Crippen molar-refractivity contribution in [2.24, 2.45) is 5.41 Å². The summed E-state index contributed by atoms with van der Waals surface area (Å²) in [4.78, 5) is 25.9. The number of piperidine rings is 2. The number of hydrogen-bond donors (Lipinski definition) is 2. The molecule has 0 aliphatic carbocycles. The van der Waals surface area contributed by atoms with Crippen LogP contribution < -0.4 is 5.32 Å². The number of benzene rings is 1. The fourth-order valence-corrected chi connectivity index (χ4v) is 3.80. The average Bonchev–Trinajstić information content (AvgIpc) is 2.59. The van der Waals surface area contributed by atoms with Crippen molar-refractivity contribution in [3.05, 3.63) is 35.4 Å². The Kier molecular flexibility index (Phi) is 4.49. The number of halogens is 3. The van der Waals surface area contributed by atoms with E-state index in [4.69, 9.17) is 0 Å². The molecule has 2 heterocycles. The number of carbonyl (C=O) groups excluding carboxylic acids is 1. The molecule has 1 aromatic rings. The lowest BCUT2D eigenvalue weighted by atomic mass is 9.70. The molecule has 1 amide bonds. The summed E-state index contributed by atoms with van der Waals surface area (Å²) in [5.41, 5.74) is -1.71. The Morgan fingerprint density at radius 2 is 1.92 bits per heavy atom. The minimum atomic E-state index is -4.46. The molecule has 2 saturated heterocycles. The van der Waals surface area contributed by atoms with Gasteiger partial charge in [-0.25, -0.2) is 0 Å². The summed E-state index contributed by atoms with van der Waals surface area (Å²) in [6.07, 6.45) is -2.75. The van der Waals surface area contributed by atoms with E-state index in [0.717, 1.165) is 30.8 Å². The molecule has 0 saturated carbocycles. The number of nitrogens with zero attached hydrogens (tertiary/aromatic N) is 1. The van der Waals surface area contributed by atoms with Crippen LogP contribution in [0.2, 0.25) is 0 Å². The summed E-state index contributed by atoms with van der Waals surface area (Å²) in [7, 11) is 0. The van der Waals surface area contributed by atoms with E-state index >= 15 is 0 Å². The van der Waals surface area contributed by atoms with Gasteiger partial charge in [0.1, 0.15) is 5.41 Å². The summed E-state index contributed by atoms with van der Waals surface area (Å²) < 4.78 is 37.9. The van der Waals surface area contributed by atoms with Gasteiger partial charge in [-0.05, 0) is 50.1 Å². The molecule has 5 nitrogen and oxygen atoms in total. The molecule has 2 fully saturated rings. The number of likely N-dealkylation sites (tertiary alicyclic amines) is 1. The quantitative estimate of drug-likeness (QED) is 0.854. The molecule has 1 aromatic carbocycles. The molecule has 2 aliphatic rings. The number of carboxylic acid groups (broad SMARTS) is 1. The van der Waals surface area contributed by atoms with Crippen LogP contribution in [-0.2, 0) is 11.0 Å². The number of carboxylic acids is 1. The third kappa shape index (κ3) is 3.22. The van der Waals surface area contributed by atoms with Gasteiger partial charge in [0.05, 0.1) is 5.56 Å². The van der Waals surface area contributed by atoms with E-state index in [1.807, 2.05) is 0 Å². The Morgan fingerprint density at radius 3 is 2.52 bits per heavy atom. The number of carbonyl (C=O) groups is 2. The third-order valence-corrected chi connectivity index (χ3v) is 5.19. The third-order valence-electron chi connectivity index (χ3n) is 5.19. The van der Waals surface area contributed by atoms with Crippen LogP contribution in [0.1, 0.15) is 35.2 Å². The van der Waals surface area contributed by atoms with Gasteiger partial charge < -0.3 is 15.3 Å². The number of fused-ring (bicyclic) bond motifs is 1. The van der Waals surface area contributed by atoms with E-state index in [2.05, 4.69) is 5.32 Å². The predicted octanol–water partition coefficient (Wildman–Crippen LogP) is 2.37. The maximum atomic E-state index is 12.6. The first-order valence-electron chi connectivity index (χ1n) is 8.17. The molecule has 0 aromatic heterocycles.